The second kappa shape index (κ2) is 11.0. The van der Waals surface area contributed by atoms with Gasteiger partial charge in [0.15, 0.2) is 23.2 Å². The largest absolute Gasteiger partial charge is 0.497 e. The highest BCUT2D eigenvalue weighted by Crippen LogP contribution is 2.36. The van der Waals surface area contributed by atoms with Crippen LogP contribution < -0.4 is 26.2 Å². The molecule has 2 aromatic heterocycles. The molecule has 5 N–H and O–H groups in total. The zero-order valence-electron chi connectivity index (χ0n) is 21.5. The summed E-state index contributed by atoms with van der Waals surface area (Å²) in [6, 6.07) is 14.0. The van der Waals surface area contributed by atoms with E-state index in [0.29, 0.717) is 29.4 Å². The number of nitrogens with two attached hydrogens (primary N) is 1. The first-order chi connectivity index (χ1) is 18.8. The Morgan fingerprint density at radius 3 is 2.69 bits per heavy atom. The van der Waals surface area contributed by atoms with Crippen LogP contribution in [0.3, 0.4) is 0 Å². The van der Waals surface area contributed by atoms with Crippen LogP contribution in [0.4, 0.5) is 10.1 Å². The molecule has 202 valence electrons. The number of anilines is 1. The standard InChI is InChI=1S/C27H29FN8O3/c1-35-12-10-18(15-35)39-21-14-19(38-2)13-20(23(21)28)24(32-17-8-6-16(7-9-17)25(29)30)26-33-27(37)36(34-26)22-5-3-4-11-31-22/h3-9,11,13-14,18,24,32H,10,12,15H2,1-2H3,(H3,29,30)(H,33,34,37). The molecule has 0 aliphatic carbocycles. The number of rotatable bonds is 9. The number of benzene rings is 2. The third-order valence-electron chi connectivity index (χ3n) is 6.51. The van der Waals surface area contributed by atoms with Gasteiger partial charge in [0.25, 0.3) is 0 Å². The van der Waals surface area contributed by atoms with Gasteiger partial charge in [0.05, 0.1) is 7.11 Å². The van der Waals surface area contributed by atoms with Gasteiger partial charge < -0.3 is 25.4 Å². The third kappa shape index (κ3) is 5.60. The number of aromatic amines is 1. The van der Waals surface area contributed by atoms with Crippen LogP contribution in [0.2, 0.25) is 0 Å². The lowest BCUT2D eigenvalue weighted by atomic mass is 10.0. The van der Waals surface area contributed by atoms with Crippen molar-refractivity contribution in [1.29, 1.82) is 5.41 Å². The van der Waals surface area contributed by atoms with Crippen LogP contribution in [-0.4, -0.2) is 63.8 Å². The van der Waals surface area contributed by atoms with Crippen molar-refractivity contribution >= 4 is 11.5 Å². The Balaban J connectivity index is 1.59. The lowest BCUT2D eigenvalue weighted by molar-refractivity contribution is 0.198. The minimum Gasteiger partial charge on any atom is -0.497 e. The molecule has 3 heterocycles. The molecule has 0 bridgehead atoms. The maximum atomic E-state index is 16.2. The van der Waals surface area contributed by atoms with E-state index in [-0.39, 0.29) is 29.1 Å². The summed E-state index contributed by atoms with van der Waals surface area (Å²) in [6.07, 6.45) is 2.15. The van der Waals surface area contributed by atoms with Gasteiger partial charge in [0, 0.05) is 42.2 Å². The number of amidine groups is 1. The summed E-state index contributed by atoms with van der Waals surface area (Å²) in [5, 5.41) is 15.3. The Hall–Kier alpha value is -4.71. The fourth-order valence-electron chi connectivity index (χ4n) is 4.49. The summed E-state index contributed by atoms with van der Waals surface area (Å²) < 4.78 is 28.8. The highest BCUT2D eigenvalue weighted by molar-refractivity contribution is 5.95. The molecule has 4 aromatic rings. The first-order valence-corrected chi connectivity index (χ1v) is 12.4. The Bertz CT molecular complexity index is 1520. The van der Waals surface area contributed by atoms with Crippen LogP contribution in [0.5, 0.6) is 11.5 Å². The molecule has 2 aromatic carbocycles. The van der Waals surface area contributed by atoms with Gasteiger partial charge >= 0.3 is 5.69 Å². The van der Waals surface area contributed by atoms with Gasteiger partial charge in [-0.2, -0.15) is 4.68 Å². The van der Waals surface area contributed by atoms with Crippen LogP contribution in [0.15, 0.2) is 65.6 Å². The smallest absolute Gasteiger partial charge is 0.349 e. The molecular formula is C27H29FN8O3. The molecule has 2 atom stereocenters. The lowest BCUT2D eigenvalue weighted by Gasteiger charge is -2.22. The quantitative estimate of drug-likeness (QED) is 0.190. The van der Waals surface area contributed by atoms with E-state index in [1.165, 1.54) is 13.2 Å². The highest BCUT2D eigenvalue weighted by Gasteiger charge is 2.29. The molecule has 1 aliphatic heterocycles. The molecule has 2 unspecified atom stereocenters. The van der Waals surface area contributed by atoms with Crippen molar-refractivity contribution in [2.24, 2.45) is 5.73 Å². The minimum absolute atomic E-state index is 0.0508. The molecule has 0 spiro atoms. The number of aromatic nitrogens is 4. The van der Waals surface area contributed by atoms with Crippen LogP contribution >= 0.6 is 0 Å². The van der Waals surface area contributed by atoms with Crippen molar-refractivity contribution in [3.63, 3.8) is 0 Å². The lowest BCUT2D eigenvalue weighted by Crippen LogP contribution is -2.23. The molecular weight excluding hydrogens is 503 g/mol. The third-order valence-corrected chi connectivity index (χ3v) is 6.51. The molecule has 1 saturated heterocycles. The average Bonchev–Trinajstić information content (AvgIpc) is 3.54. The monoisotopic (exact) mass is 532 g/mol. The molecule has 11 nitrogen and oxygen atoms in total. The Morgan fingerprint density at radius 1 is 1.26 bits per heavy atom. The van der Waals surface area contributed by atoms with Crippen LogP contribution in [-0.2, 0) is 0 Å². The van der Waals surface area contributed by atoms with Gasteiger partial charge in [0.2, 0.25) is 0 Å². The van der Waals surface area contributed by atoms with Gasteiger partial charge in [-0.25, -0.2) is 14.2 Å². The zero-order chi connectivity index (χ0) is 27.5. The molecule has 1 aliphatic rings. The van der Waals surface area contributed by atoms with Crippen LogP contribution in [0.1, 0.15) is 29.4 Å². The summed E-state index contributed by atoms with van der Waals surface area (Å²) in [6.45, 7) is 1.54. The number of pyridine rings is 1. The Kier molecular flexibility index (Phi) is 7.28. The van der Waals surface area contributed by atoms with Gasteiger partial charge in [-0.1, -0.05) is 6.07 Å². The van der Waals surface area contributed by atoms with Crippen LogP contribution in [0, 0.1) is 11.2 Å². The van der Waals surface area contributed by atoms with E-state index in [1.54, 1.807) is 54.7 Å². The predicted octanol–water partition coefficient (Wildman–Crippen LogP) is 2.67. The maximum Gasteiger partial charge on any atom is 0.349 e. The van der Waals surface area contributed by atoms with Crippen molar-refractivity contribution in [3.8, 4) is 17.3 Å². The van der Waals surface area contributed by atoms with Crippen molar-refractivity contribution in [2.75, 3.05) is 32.6 Å². The summed E-state index contributed by atoms with van der Waals surface area (Å²) in [5.74, 6) is 0.231. The summed E-state index contributed by atoms with van der Waals surface area (Å²) in [4.78, 5) is 21.9. The molecule has 12 heteroatoms. The summed E-state index contributed by atoms with van der Waals surface area (Å²) >= 11 is 0. The number of nitrogen functional groups attached to an aromatic ring is 1. The average molecular weight is 533 g/mol. The van der Waals surface area contributed by atoms with Crippen molar-refractivity contribution in [2.45, 2.75) is 18.6 Å². The number of H-pyrrole nitrogens is 1. The van der Waals surface area contributed by atoms with Gasteiger partial charge in [-0.15, -0.1) is 5.10 Å². The molecule has 0 amide bonds. The van der Waals surface area contributed by atoms with Crippen molar-refractivity contribution < 1.29 is 13.9 Å². The van der Waals surface area contributed by atoms with E-state index in [9.17, 15) is 4.79 Å². The first kappa shape index (κ1) is 25.9. The molecule has 5 rings (SSSR count). The number of methoxy groups -OCH3 is 1. The van der Waals surface area contributed by atoms with Crippen molar-refractivity contribution in [3.05, 3.63) is 94.0 Å². The number of nitrogens with zero attached hydrogens (tertiary/aromatic N) is 4. The SMILES string of the molecule is COc1cc(OC2CCN(C)C2)c(F)c(C(Nc2ccc(C(=N)N)cc2)c2nn(-c3ccccn3)c(=O)[nH]2)c1. The summed E-state index contributed by atoms with van der Waals surface area (Å²) in [7, 11) is 3.48. The van der Waals surface area contributed by atoms with E-state index in [0.717, 1.165) is 17.6 Å². The summed E-state index contributed by atoms with van der Waals surface area (Å²) in [5.41, 5.74) is 6.34. The minimum atomic E-state index is -0.949. The van der Waals surface area contributed by atoms with Crippen molar-refractivity contribution in [1.82, 2.24) is 24.6 Å². The fraction of sp³-hybridized carbons (Fsp3) is 0.259. The Labute approximate surface area is 223 Å². The number of ether oxygens (including phenoxy) is 2. The number of likely N-dealkylation sites (N-methyl/N-ethyl adjacent to an activating group) is 1. The second-order valence-corrected chi connectivity index (χ2v) is 9.30. The predicted molar refractivity (Wildman–Crippen MR) is 144 cm³/mol. The van der Waals surface area contributed by atoms with Gasteiger partial charge in [-0.05, 0) is 55.9 Å². The highest BCUT2D eigenvalue weighted by atomic mass is 19.1. The van der Waals surface area contributed by atoms with E-state index in [4.69, 9.17) is 20.6 Å². The molecule has 0 saturated carbocycles. The maximum absolute atomic E-state index is 16.2. The van der Waals surface area contributed by atoms with E-state index < -0.39 is 17.5 Å². The van der Waals surface area contributed by atoms with Gasteiger partial charge in [-0.3, -0.25) is 10.4 Å². The number of hydrogen-bond donors (Lipinski definition) is 4. The van der Waals surface area contributed by atoms with Gasteiger partial charge in [0.1, 0.15) is 23.7 Å². The zero-order valence-corrected chi connectivity index (χ0v) is 21.5. The van der Waals surface area contributed by atoms with E-state index >= 15 is 4.39 Å². The molecule has 1 fully saturated rings. The first-order valence-electron chi connectivity index (χ1n) is 12.4. The molecule has 39 heavy (non-hydrogen) atoms. The number of likely N-dealkylation sites (tertiary alicyclic amines) is 1. The molecule has 0 radical (unpaired) electrons. The number of halogens is 1. The normalized spacial score (nSPS) is 16.1. The van der Waals surface area contributed by atoms with E-state index in [1.807, 2.05) is 7.05 Å². The number of nitrogens with one attached hydrogen (secondary N) is 3. The Morgan fingerprint density at radius 2 is 2.05 bits per heavy atom. The van der Waals surface area contributed by atoms with Crippen LogP contribution in [0.25, 0.3) is 5.82 Å². The fourth-order valence-corrected chi connectivity index (χ4v) is 4.49. The topological polar surface area (TPSA) is 147 Å². The second-order valence-electron chi connectivity index (χ2n) is 9.30. The number of hydrogen-bond acceptors (Lipinski definition) is 8. The van der Waals surface area contributed by atoms with E-state index in [2.05, 4.69) is 25.3 Å².